The van der Waals surface area contributed by atoms with Gasteiger partial charge < -0.3 is 0 Å². The smallest absolute Gasteiger partial charge is 0.227 e. The summed E-state index contributed by atoms with van der Waals surface area (Å²) in [6.07, 6.45) is -3.52. The van der Waals surface area contributed by atoms with Crippen LogP contribution in [0.4, 0.5) is 13.2 Å². The molecule has 0 saturated heterocycles. The third kappa shape index (κ3) is 2.29. The van der Waals surface area contributed by atoms with Gasteiger partial charge in [0.2, 0.25) is 0 Å². The zero-order chi connectivity index (χ0) is 15.9. The Morgan fingerprint density at radius 1 is 1.23 bits per heavy atom. The molecule has 0 radical (unpaired) electrons. The summed E-state index contributed by atoms with van der Waals surface area (Å²) in [7, 11) is 0. The fourth-order valence-electron chi connectivity index (χ4n) is 2.20. The van der Waals surface area contributed by atoms with E-state index in [0.717, 1.165) is 17.8 Å². The summed E-state index contributed by atoms with van der Waals surface area (Å²) in [6, 6.07) is 9.74. The van der Waals surface area contributed by atoms with Crippen molar-refractivity contribution in [2.75, 3.05) is 0 Å². The first-order valence-electron chi connectivity index (χ1n) is 6.33. The molecule has 110 valence electrons. The molecule has 0 aliphatic heterocycles. The van der Waals surface area contributed by atoms with Gasteiger partial charge in [0, 0.05) is 5.56 Å². The van der Waals surface area contributed by atoms with Crippen LogP contribution >= 0.6 is 0 Å². The highest BCUT2D eigenvalue weighted by Gasteiger charge is 2.35. The number of rotatable bonds is 1. The van der Waals surface area contributed by atoms with Gasteiger partial charge >= 0.3 is 6.18 Å². The number of nitriles is 1. The lowest BCUT2D eigenvalue weighted by Crippen LogP contribution is -2.13. The molecule has 2 aromatic heterocycles. The van der Waals surface area contributed by atoms with E-state index >= 15 is 0 Å². The number of alkyl halides is 3. The Kier molecular flexibility index (Phi) is 3.10. The highest BCUT2D eigenvalue weighted by molar-refractivity contribution is 5.66. The van der Waals surface area contributed by atoms with Crippen molar-refractivity contribution < 1.29 is 13.2 Å². The number of fused-ring (bicyclic) bond motifs is 1. The zero-order valence-corrected chi connectivity index (χ0v) is 11.4. The van der Waals surface area contributed by atoms with Crippen molar-refractivity contribution in [3.63, 3.8) is 0 Å². The largest absolute Gasteiger partial charge is 0.433 e. The number of benzene rings is 1. The van der Waals surface area contributed by atoms with Gasteiger partial charge in [-0.1, -0.05) is 23.8 Å². The average molecular weight is 302 g/mol. The van der Waals surface area contributed by atoms with Crippen molar-refractivity contribution in [3.8, 4) is 17.3 Å². The Bertz CT molecular complexity index is 903. The number of halogens is 3. The third-order valence-electron chi connectivity index (χ3n) is 3.20. The quantitative estimate of drug-likeness (QED) is 0.690. The molecule has 0 amide bonds. The molecule has 0 aliphatic rings. The fraction of sp³-hybridized carbons (Fsp3) is 0.133. The molecular weight excluding hydrogens is 293 g/mol. The topological polar surface area (TPSA) is 54.0 Å². The summed E-state index contributed by atoms with van der Waals surface area (Å²) in [6.45, 7) is 1.84. The number of hydrogen-bond donors (Lipinski definition) is 0. The molecule has 0 atom stereocenters. The number of aryl methyl sites for hydroxylation is 1. The van der Waals surface area contributed by atoms with Crippen LogP contribution in [0.2, 0.25) is 0 Å². The molecule has 7 heteroatoms. The van der Waals surface area contributed by atoms with Crippen LogP contribution in [0.5, 0.6) is 0 Å². The normalized spacial score (nSPS) is 11.6. The van der Waals surface area contributed by atoms with Crippen LogP contribution in [-0.4, -0.2) is 14.6 Å². The lowest BCUT2D eigenvalue weighted by atomic mass is 10.1. The summed E-state index contributed by atoms with van der Waals surface area (Å²) in [5.74, 6) is 0. The van der Waals surface area contributed by atoms with Gasteiger partial charge in [-0.3, -0.25) is 0 Å². The maximum atomic E-state index is 13.2. The predicted octanol–water partition coefficient (Wildman–Crippen LogP) is 3.60. The second kappa shape index (κ2) is 4.84. The Hall–Kier alpha value is -2.88. The third-order valence-corrected chi connectivity index (χ3v) is 3.20. The highest BCUT2D eigenvalue weighted by atomic mass is 19.4. The van der Waals surface area contributed by atoms with E-state index in [1.165, 1.54) is 0 Å². The maximum Gasteiger partial charge on any atom is 0.433 e. The molecule has 2 heterocycles. The summed E-state index contributed by atoms with van der Waals surface area (Å²) in [5, 5.41) is 12.6. The van der Waals surface area contributed by atoms with Gasteiger partial charge in [-0.15, -0.1) is 0 Å². The van der Waals surface area contributed by atoms with Crippen LogP contribution in [0.25, 0.3) is 16.9 Å². The van der Waals surface area contributed by atoms with Crippen LogP contribution in [-0.2, 0) is 6.18 Å². The minimum atomic E-state index is -4.60. The van der Waals surface area contributed by atoms with E-state index in [9.17, 15) is 13.2 Å². The maximum absolute atomic E-state index is 13.2. The predicted molar refractivity (Wildman–Crippen MR) is 72.9 cm³/mol. The first-order chi connectivity index (χ1) is 10.4. The average Bonchev–Trinajstić information content (AvgIpc) is 2.88. The molecule has 1 aromatic carbocycles. The van der Waals surface area contributed by atoms with E-state index in [1.54, 1.807) is 24.3 Å². The van der Waals surface area contributed by atoms with Gasteiger partial charge in [0.1, 0.15) is 11.6 Å². The Morgan fingerprint density at radius 3 is 2.64 bits per heavy atom. The Balaban J connectivity index is 2.35. The molecule has 3 aromatic rings. The molecule has 3 rings (SSSR count). The fourth-order valence-corrected chi connectivity index (χ4v) is 2.20. The standard InChI is InChI=1S/C15H9F3N4/c1-9-3-2-4-10(5-9)12-6-13(15(16,17)18)22-14(21-12)11(7-19)8-20-22/h2-6,8H,1H3. The van der Waals surface area contributed by atoms with Gasteiger partial charge in [-0.2, -0.15) is 23.5 Å². The van der Waals surface area contributed by atoms with Crippen molar-refractivity contribution in [1.82, 2.24) is 14.6 Å². The molecule has 0 saturated carbocycles. The minimum Gasteiger partial charge on any atom is -0.227 e. The second-order valence-corrected chi connectivity index (χ2v) is 4.80. The van der Waals surface area contributed by atoms with E-state index in [-0.39, 0.29) is 16.9 Å². The lowest BCUT2D eigenvalue weighted by Gasteiger charge is -2.11. The van der Waals surface area contributed by atoms with Crippen molar-refractivity contribution >= 4 is 5.65 Å². The molecule has 0 bridgehead atoms. The molecule has 0 spiro atoms. The lowest BCUT2D eigenvalue weighted by molar-refractivity contribution is -0.142. The molecule has 22 heavy (non-hydrogen) atoms. The van der Waals surface area contributed by atoms with Crippen molar-refractivity contribution in [2.24, 2.45) is 0 Å². The number of aromatic nitrogens is 3. The van der Waals surface area contributed by atoms with E-state index in [4.69, 9.17) is 5.26 Å². The van der Waals surface area contributed by atoms with Crippen molar-refractivity contribution in [2.45, 2.75) is 13.1 Å². The molecule has 0 unspecified atom stereocenters. The number of hydrogen-bond acceptors (Lipinski definition) is 3. The zero-order valence-electron chi connectivity index (χ0n) is 11.4. The first kappa shape index (κ1) is 14.1. The molecule has 4 nitrogen and oxygen atoms in total. The van der Waals surface area contributed by atoms with Crippen molar-refractivity contribution in [3.05, 3.63) is 53.3 Å². The molecule has 0 N–H and O–H groups in total. The van der Waals surface area contributed by atoms with E-state index < -0.39 is 11.9 Å². The van der Waals surface area contributed by atoms with Crippen LogP contribution in [0.1, 0.15) is 16.8 Å². The summed E-state index contributed by atoms with van der Waals surface area (Å²) in [4.78, 5) is 4.17. The van der Waals surface area contributed by atoms with Crippen LogP contribution in [0, 0.1) is 18.3 Å². The van der Waals surface area contributed by atoms with Crippen LogP contribution in [0.15, 0.2) is 36.5 Å². The minimum absolute atomic E-state index is 0.00000283. The SMILES string of the molecule is Cc1cccc(-c2cc(C(F)(F)F)n3ncc(C#N)c3n2)c1. The Morgan fingerprint density at radius 2 is 2.00 bits per heavy atom. The second-order valence-electron chi connectivity index (χ2n) is 4.80. The molecule has 0 fully saturated rings. The monoisotopic (exact) mass is 302 g/mol. The van der Waals surface area contributed by atoms with E-state index in [0.29, 0.717) is 10.1 Å². The van der Waals surface area contributed by atoms with Crippen LogP contribution < -0.4 is 0 Å². The molecule has 0 aliphatic carbocycles. The van der Waals surface area contributed by atoms with Gasteiger partial charge in [0.25, 0.3) is 0 Å². The van der Waals surface area contributed by atoms with Crippen molar-refractivity contribution in [1.29, 1.82) is 5.26 Å². The summed E-state index contributed by atoms with van der Waals surface area (Å²) < 4.78 is 40.4. The Labute approximate surface area is 123 Å². The van der Waals surface area contributed by atoms with Crippen LogP contribution in [0.3, 0.4) is 0 Å². The van der Waals surface area contributed by atoms with Gasteiger partial charge in [-0.05, 0) is 19.1 Å². The molecular formula is C15H9F3N4. The highest BCUT2D eigenvalue weighted by Crippen LogP contribution is 2.32. The summed E-state index contributed by atoms with van der Waals surface area (Å²) >= 11 is 0. The van der Waals surface area contributed by atoms with Gasteiger partial charge in [0.05, 0.1) is 11.9 Å². The first-order valence-corrected chi connectivity index (χ1v) is 6.33. The van der Waals surface area contributed by atoms with Gasteiger partial charge in [-0.25, -0.2) is 9.50 Å². The van der Waals surface area contributed by atoms with Gasteiger partial charge in [0.15, 0.2) is 11.3 Å². The number of nitrogens with zero attached hydrogens (tertiary/aromatic N) is 4. The van der Waals surface area contributed by atoms with E-state index in [1.807, 2.05) is 13.0 Å². The summed E-state index contributed by atoms with van der Waals surface area (Å²) in [5.41, 5.74) is 0.546. The van der Waals surface area contributed by atoms with E-state index in [2.05, 4.69) is 10.1 Å².